The molecule has 1 atom stereocenters. The van der Waals surface area contributed by atoms with E-state index in [0.717, 1.165) is 0 Å². The van der Waals surface area contributed by atoms with E-state index in [0.29, 0.717) is 15.1 Å². The Morgan fingerprint density at radius 1 is 1.19 bits per heavy atom. The number of hydrogen-bond acceptors (Lipinski definition) is 3. The number of hydrogen-bond donors (Lipinski definition) is 1. The maximum absolute atomic E-state index is 13.6. The largest absolute Gasteiger partial charge is 0.438 e. The minimum Gasteiger partial charge on any atom is -0.362 e. The highest BCUT2D eigenvalue weighted by Gasteiger charge is 2.63. The van der Waals surface area contributed by atoms with Crippen molar-refractivity contribution in [2.45, 2.75) is 18.3 Å². The summed E-state index contributed by atoms with van der Waals surface area (Å²) >= 11 is 8.91. The van der Waals surface area contributed by atoms with Gasteiger partial charge in [0.25, 0.3) is 11.6 Å². The molecule has 1 amide bonds. The van der Waals surface area contributed by atoms with Crippen molar-refractivity contribution in [2.24, 2.45) is 5.10 Å². The number of carbonyl (C=O) groups is 1. The zero-order valence-corrected chi connectivity index (χ0v) is 15.3. The molecule has 1 aliphatic heterocycles. The van der Waals surface area contributed by atoms with Crippen LogP contribution in [0.4, 0.5) is 13.2 Å². The average molecular weight is 448 g/mol. The molecule has 3 rings (SSSR count). The number of hydrazone groups is 1. The summed E-state index contributed by atoms with van der Waals surface area (Å²) in [5.74, 6) is -1.07. The fraction of sp³-hybridized carbons (Fsp3) is 0.176. The molecule has 0 aromatic heterocycles. The number of benzene rings is 2. The molecular weight excluding hydrogens is 437 g/mol. The van der Waals surface area contributed by atoms with Crippen LogP contribution >= 0.6 is 27.5 Å². The van der Waals surface area contributed by atoms with Crippen molar-refractivity contribution >= 4 is 39.1 Å². The molecule has 1 unspecified atom stereocenters. The van der Waals surface area contributed by atoms with Crippen molar-refractivity contribution < 1.29 is 23.1 Å². The fourth-order valence-electron chi connectivity index (χ4n) is 2.53. The zero-order chi connectivity index (χ0) is 19.1. The molecule has 0 fully saturated rings. The van der Waals surface area contributed by atoms with Gasteiger partial charge in [-0.2, -0.15) is 23.3 Å². The van der Waals surface area contributed by atoms with Gasteiger partial charge in [0.05, 0.1) is 17.7 Å². The van der Waals surface area contributed by atoms with E-state index in [-0.39, 0.29) is 16.3 Å². The summed E-state index contributed by atoms with van der Waals surface area (Å²) in [6.45, 7) is 0. The topological polar surface area (TPSA) is 52.9 Å². The van der Waals surface area contributed by atoms with Crippen LogP contribution in [-0.2, 0) is 0 Å². The van der Waals surface area contributed by atoms with E-state index < -0.39 is 24.2 Å². The third-order valence-corrected chi connectivity index (χ3v) is 4.86. The standard InChI is InChI=1S/C17H11BrClF3N2O2/c18-13-4-2-1-3-12(13)15(25)24-16(26,17(20,21)22)9-14(23-24)10-5-7-11(19)8-6-10/h1-8,26H,9H2. The summed E-state index contributed by atoms with van der Waals surface area (Å²) < 4.78 is 41.0. The first-order chi connectivity index (χ1) is 12.1. The number of alkyl halides is 3. The van der Waals surface area contributed by atoms with E-state index in [2.05, 4.69) is 21.0 Å². The van der Waals surface area contributed by atoms with E-state index in [1.165, 1.54) is 42.5 Å². The Morgan fingerprint density at radius 3 is 2.38 bits per heavy atom. The number of nitrogens with zero attached hydrogens (tertiary/aromatic N) is 2. The summed E-state index contributed by atoms with van der Waals surface area (Å²) in [5, 5.41) is 14.6. The lowest BCUT2D eigenvalue weighted by molar-refractivity contribution is -0.297. The second-order valence-electron chi connectivity index (χ2n) is 5.64. The van der Waals surface area contributed by atoms with Gasteiger partial charge in [0.2, 0.25) is 0 Å². The molecular formula is C17H11BrClF3N2O2. The highest BCUT2D eigenvalue weighted by atomic mass is 79.9. The summed E-state index contributed by atoms with van der Waals surface area (Å²) in [6.07, 6.45) is -5.98. The minimum absolute atomic E-state index is 0.0451. The van der Waals surface area contributed by atoms with Crippen LogP contribution in [0.15, 0.2) is 58.1 Å². The lowest BCUT2D eigenvalue weighted by Crippen LogP contribution is -2.56. The Hall–Kier alpha value is -1.90. The molecule has 1 aliphatic rings. The molecule has 0 saturated carbocycles. The Labute approximate surface area is 160 Å². The number of aliphatic hydroxyl groups is 1. The van der Waals surface area contributed by atoms with Crippen molar-refractivity contribution in [3.8, 4) is 0 Å². The molecule has 0 radical (unpaired) electrons. The van der Waals surface area contributed by atoms with Gasteiger partial charge in [-0.05, 0) is 45.8 Å². The Kier molecular flexibility index (Phi) is 4.85. The highest BCUT2D eigenvalue weighted by molar-refractivity contribution is 9.10. The van der Waals surface area contributed by atoms with Gasteiger partial charge in [-0.25, -0.2) is 0 Å². The summed E-state index contributed by atoms with van der Waals surface area (Å²) in [4.78, 5) is 12.7. The van der Waals surface area contributed by atoms with Gasteiger partial charge in [-0.15, -0.1) is 0 Å². The molecule has 2 aromatic carbocycles. The third-order valence-electron chi connectivity index (χ3n) is 3.91. The van der Waals surface area contributed by atoms with Gasteiger partial charge in [0.15, 0.2) is 0 Å². The van der Waals surface area contributed by atoms with Crippen molar-refractivity contribution in [3.05, 3.63) is 69.2 Å². The van der Waals surface area contributed by atoms with Crippen LogP contribution in [0.1, 0.15) is 22.3 Å². The quantitative estimate of drug-likeness (QED) is 0.731. The van der Waals surface area contributed by atoms with Crippen molar-refractivity contribution in [2.75, 3.05) is 0 Å². The van der Waals surface area contributed by atoms with Crippen LogP contribution in [-0.4, -0.2) is 33.6 Å². The van der Waals surface area contributed by atoms with Crippen LogP contribution in [0.2, 0.25) is 5.02 Å². The average Bonchev–Trinajstić information content (AvgIpc) is 2.94. The minimum atomic E-state index is -5.10. The maximum atomic E-state index is 13.6. The van der Waals surface area contributed by atoms with Crippen LogP contribution < -0.4 is 0 Å². The normalized spacial score (nSPS) is 20.2. The van der Waals surface area contributed by atoms with Gasteiger partial charge in [-0.3, -0.25) is 4.79 Å². The van der Waals surface area contributed by atoms with Gasteiger partial charge in [0, 0.05) is 9.50 Å². The third kappa shape index (κ3) is 3.24. The number of rotatable bonds is 2. The van der Waals surface area contributed by atoms with E-state index in [1.807, 2.05) is 0 Å². The molecule has 136 valence electrons. The number of carbonyl (C=O) groups excluding carboxylic acids is 1. The van der Waals surface area contributed by atoms with E-state index in [9.17, 15) is 23.1 Å². The van der Waals surface area contributed by atoms with Crippen LogP contribution in [0, 0.1) is 0 Å². The monoisotopic (exact) mass is 446 g/mol. The molecule has 1 heterocycles. The molecule has 0 spiro atoms. The van der Waals surface area contributed by atoms with E-state index >= 15 is 0 Å². The lowest BCUT2D eigenvalue weighted by atomic mass is 10.0. The molecule has 4 nitrogen and oxygen atoms in total. The van der Waals surface area contributed by atoms with Crippen molar-refractivity contribution in [1.82, 2.24) is 5.01 Å². The van der Waals surface area contributed by atoms with E-state index in [4.69, 9.17) is 11.6 Å². The van der Waals surface area contributed by atoms with Crippen LogP contribution in [0.3, 0.4) is 0 Å². The summed E-state index contributed by atoms with van der Waals surface area (Å²) in [7, 11) is 0. The number of halogens is 5. The first-order valence-corrected chi connectivity index (χ1v) is 8.52. The molecule has 0 saturated heterocycles. The molecule has 2 aromatic rings. The fourth-order valence-corrected chi connectivity index (χ4v) is 3.11. The highest BCUT2D eigenvalue weighted by Crippen LogP contribution is 2.42. The zero-order valence-electron chi connectivity index (χ0n) is 13.0. The molecule has 0 bridgehead atoms. The molecule has 1 N–H and O–H groups in total. The SMILES string of the molecule is O=C(c1ccccc1Br)N1N=C(c2ccc(Cl)cc2)CC1(O)C(F)(F)F. The van der Waals surface area contributed by atoms with Gasteiger partial charge in [0.1, 0.15) is 0 Å². The predicted octanol–water partition coefficient (Wildman–Crippen LogP) is 4.60. The first kappa shape index (κ1) is 18.9. The molecule has 26 heavy (non-hydrogen) atoms. The molecule has 0 aliphatic carbocycles. The second-order valence-corrected chi connectivity index (χ2v) is 6.93. The Balaban J connectivity index is 2.07. The lowest BCUT2D eigenvalue weighted by Gasteiger charge is -2.32. The van der Waals surface area contributed by atoms with E-state index in [1.54, 1.807) is 6.07 Å². The first-order valence-electron chi connectivity index (χ1n) is 7.35. The maximum Gasteiger partial charge on any atom is 0.438 e. The van der Waals surface area contributed by atoms with Gasteiger partial charge < -0.3 is 5.11 Å². The summed E-state index contributed by atoms with van der Waals surface area (Å²) in [6, 6.07) is 11.9. The molecule has 9 heteroatoms. The predicted molar refractivity (Wildman–Crippen MR) is 93.9 cm³/mol. The van der Waals surface area contributed by atoms with Crippen molar-refractivity contribution in [3.63, 3.8) is 0 Å². The summed E-state index contributed by atoms with van der Waals surface area (Å²) in [5.41, 5.74) is -3.22. The Morgan fingerprint density at radius 2 is 1.81 bits per heavy atom. The second kappa shape index (κ2) is 6.68. The van der Waals surface area contributed by atoms with Gasteiger partial charge >= 0.3 is 6.18 Å². The van der Waals surface area contributed by atoms with Gasteiger partial charge in [-0.1, -0.05) is 35.9 Å². The van der Waals surface area contributed by atoms with Crippen LogP contribution in [0.25, 0.3) is 0 Å². The number of amides is 1. The smallest absolute Gasteiger partial charge is 0.362 e. The van der Waals surface area contributed by atoms with Crippen LogP contribution in [0.5, 0.6) is 0 Å². The Bertz CT molecular complexity index is 886. The van der Waals surface area contributed by atoms with Crippen molar-refractivity contribution in [1.29, 1.82) is 0 Å².